The van der Waals surface area contributed by atoms with E-state index in [9.17, 15) is 19.5 Å². The lowest BCUT2D eigenvalue weighted by Crippen LogP contribution is -2.60. The van der Waals surface area contributed by atoms with Gasteiger partial charge in [0.2, 0.25) is 17.7 Å². The molecule has 3 fully saturated rings. The van der Waals surface area contributed by atoms with Crippen LogP contribution >= 0.6 is 0 Å². The molecule has 3 amide bonds. The molecule has 0 aromatic heterocycles. The van der Waals surface area contributed by atoms with Crippen molar-refractivity contribution < 1.29 is 29.0 Å². The van der Waals surface area contributed by atoms with Gasteiger partial charge in [-0.1, -0.05) is 51.5 Å². The van der Waals surface area contributed by atoms with E-state index in [1.807, 2.05) is 45.1 Å². The maximum absolute atomic E-state index is 14.5. The summed E-state index contributed by atoms with van der Waals surface area (Å²) in [6.45, 7) is 10.8. The van der Waals surface area contributed by atoms with Crippen molar-refractivity contribution in [3.05, 3.63) is 24.3 Å². The van der Waals surface area contributed by atoms with Crippen LogP contribution in [0.2, 0.25) is 0 Å². The van der Waals surface area contributed by atoms with Crippen LogP contribution in [0.1, 0.15) is 33.6 Å². The zero-order valence-corrected chi connectivity index (χ0v) is 23.8. The zero-order valence-electron chi connectivity index (χ0n) is 23.8. The average molecular weight is 545 g/mol. The van der Waals surface area contributed by atoms with Crippen molar-refractivity contribution in [3.63, 3.8) is 0 Å². The Hall–Kier alpha value is -2.27. The molecule has 1 spiro atoms. The van der Waals surface area contributed by atoms with Crippen LogP contribution in [-0.2, 0) is 23.9 Å². The number of rotatable bonds is 8. The molecular formula is C29H44N4O6. The first-order chi connectivity index (χ1) is 18.7. The van der Waals surface area contributed by atoms with Gasteiger partial charge in [0.15, 0.2) is 0 Å². The number of amides is 3. The number of nitrogens with zero attached hydrogens (tertiary/aromatic N) is 4. The van der Waals surface area contributed by atoms with Crippen molar-refractivity contribution in [2.45, 2.75) is 56.9 Å². The van der Waals surface area contributed by atoms with E-state index in [0.29, 0.717) is 45.8 Å². The van der Waals surface area contributed by atoms with Crippen LogP contribution in [0.5, 0.6) is 0 Å². The first-order valence-electron chi connectivity index (χ1n) is 14.6. The van der Waals surface area contributed by atoms with E-state index in [1.165, 1.54) is 0 Å². The molecule has 1 unspecified atom stereocenters. The molecule has 5 heterocycles. The van der Waals surface area contributed by atoms with Crippen LogP contribution in [0.15, 0.2) is 24.3 Å². The predicted molar refractivity (Wildman–Crippen MR) is 145 cm³/mol. The normalized spacial score (nSPS) is 36.5. The first-order valence-corrected chi connectivity index (χ1v) is 14.6. The molecule has 0 saturated carbocycles. The number of ether oxygens (including phenoxy) is 2. The highest BCUT2D eigenvalue weighted by Crippen LogP contribution is 2.59. The summed E-state index contributed by atoms with van der Waals surface area (Å²) in [5.41, 5.74) is -2.27. The van der Waals surface area contributed by atoms with Crippen molar-refractivity contribution in [3.8, 4) is 0 Å². The van der Waals surface area contributed by atoms with Gasteiger partial charge in [0.1, 0.15) is 11.6 Å². The SMILES string of the molecule is CC[C@H](C)[C@H](CO)N1C(=O)[C@@H]2[C@H]3C(=O)N(C)CC=C[C@@]3(CC)O[C@@]23C=CCN(CCN2CCOCC2)C(=O)C13. The molecule has 5 rings (SSSR count). The van der Waals surface area contributed by atoms with E-state index >= 15 is 0 Å². The Balaban J connectivity index is 1.58. The minimum absolute atomic E-state index is 0.0417. The third kappa shape index (κ3) is 4.44. The fourth-order valence-electron chi connectivity index (χ4n) is 7.33. The van der Waals surface area contributed by atoms with Gasteiger partial charge < -0.3 is 29.3 Å². The highest BCUT2D eigenvalue weighted by Gasteiger charge is 2.75. The summed E-state index contributed by atoms with van der Waals surface area (Å²) >= 11 is 0. The molecule has 7 atom stereocenters. The van der Waals surface area contributed by atoms with Gasteiger partial charge in [0.05, 0.1) is 43.3 Å². The molecule has 3 saturated heterocycles. The van der Waals surface area contributed by atoms with Gasteiger partial charge in [-0.15, -0.1) is 0 Å². The maximum atomic E-state index is 14.5. The predicted octanol–water partition coefficient (Wildman–Crippen LogP) is 0.513. The molecule has 5 aliphatic rings. The van der Waals surface area contributed by atoms with Crippen LogP contribution in [0.3, 0.4) is 0 Å². The van der Waals surface area contributed by atoms with Crippen molar-refractivity contribution >= 4 is 17.7 Å². The molecule has 0 aliphatic carbocycles. The monoisotopic (exact) mass is 544 g/mol. The maximum Gasteiger partial charge on any atom is 0.249 e. The lowest BCUT2D eigenvalue weighted by atomic mass is 9.73. The third-order valence-electron chi connectivity index (χ3n) is 9.80. The van der Waals surface area contributed by atoms with Crippen molar-refractivity contribution in [2.24, 2.45) is 17.8 Å². The Labute approximate surface area is 231 Å². The van der Waals surface area contributed by atoms with E-state index in [1.54, 1.807) is 21.7 Å². The van der Waals surface area contributed by atoms with Crippen LogP contribution in [0, 0.1) is 17.8 Å². The Kier molecular flexibility index (Phi) is 7.94. The summed E-state index contributed by atoms with van der Waals surface area (Å²) in [7, 11) is 1.75. The van der Waals surface area contributed by atoms with Crippen molar-refractivity contribution in [2.75, 3.05) is 66.1 Å². The second-order valence-electron chi connectivity index (χ2n) is 11.8. The van der Waals surface area contributed by atoms with Gasteiger partial charge in [0.25, 0.3) is 0 Å². The number of hydrogen-bond donors (Lipinski definition) is 1. The molecule has 0 aromatic rings. The van der Waals surface area contributed by atoms with E-state index in [-0.39, 0.29) is 30.2 Å². The minimum atomic E-state index is -1.29. The Morgan fingerprint density at radius 2 is 1.72 bits per heavy atom. The average Bonchev–Trinajstić information content (AvgIpc) is 3.25. The highest BCUT2D eigenvalue weighted by molar-refractivity contribution is 6.00. The number of likely N-dealkylation sites (N-methyl/N-ethyl adjacent to an activating group) is 1. The Morgan fingerprint density at radius 1 is 1.00 bits per heavy atom. The summed E-state index contributed by atoms with van der Waals surface area (Å²) in [5, 5.41) is 10.5. The van der Waals surface area contributed by atoms with Gasteiger partial charge in [-0.05, 0) is 12.3 Å². The fraction of sp³-hybridized carbons (Fsp3) is 0.759. The zero-order chi connectivity index (χ0) is 27.9. The largest absolute Gasteiger partial charge is 0.394 e. The lowest BCUT2D eigenvalue weighted by Gasteiger charge is -2.42. The molecule has 10 heteroatoms. The molecule has 10 nitrogen and oxygen atoms in total. The van der Waals surface area contributed by atoms with Gasteiger partial charge >= 0.3 is 0 Å². The minimum Gasteiger partial charge on any atom is -0.394 e. The number of likely N-dealkylation sites (tertiary alicyclic amines) is 1. The van der Waals surface area contributed by atoms with E-state index < -0.39 is 35.1 Å². The molecule has 216 valence electrons. The third-order valence-corrected chi connectivity index (χ3v) is 9.80. The quantitative estimate of drug-likeness (QED) is 0.445. The number of hydrogen-bond acceptors (Lipinski definition) is 7. The van der Waals surface area contributed by atoms with E-state index in [2.05, 4.69) is 4.90 Å². The number of carbonyl (C=O) groups excluding carboxylic acids is 3. The van der Waals surface area contributed by atoms with E-state index in [4.69, 9.17) is 9.47 Å². The molecular weight excluding hydrogens is 500 g/mol. The summed E-state index contributed by atoms with van der Waals surface area (Å²) in [4.78, 5) is 50.2. The Bertz CT molecular complexity index is 1030. The number of fused-ring (bicyclic) bond motifs is 2. The number of aliphatic hydroxyl groups excluding tert-OH is 1. The molecule has 39 heavy (non-hydrogen) atoms. The second kappa shape index (κ2) is 11.0. The molecule has 1 N–H and O–H groups in total. The molecule has 5 aliphatic heterocycles. The van der Waals surface area contributed by atoms with Crippen molar-refractivity contribution in [1.82, 2.24) is 19.6 Å². The summed E-state index contributed by atoms with van der Waals surface area (Å²) in [6.07, 6.45) is 8.94. The van der Waals surface area contributed by atoms with Crippen LogP contribution in [0.25, 0.3) is 0 Å². The van der Waals surface area contributed by atoms with Crippen LogP contribution in [-0.4, -0.2) is 132 Å². The fourth-order valence-corrected chi connectivity index (χ4v) is 7.33. The lowest BCUT2D eigenvalue weighted by molar-refractivity contribution is -0.158. The van der Waals surface area contributed by atoms with E-state index in [0.717, 1.165) is 19.5 Å². The first kappa shape index (κ1) is 28.3. The van der Waals surface area contributed by atoms with Gasteiger partial charge in [-0.3, -0.25) is 19.3 Å². The molecule has 0 radical (unpaired) electrons. The number of aliphatic hydroxyl groups is 1. The molecule has 0 aromatic carbocycles. The van der Waals surface area contributed by atoms with Crippen molar-refractivity contribution in [1.29, 1.82) is 0 Å². The van der Waals surface area contributed by atoms with Gasteiger partial charge in [0, 0.05) is 46.3 Å². The van der Waals surface area contributed by atoms with Crippen LogP contribution < -0.4 is 0 Å². The van der Waals surface area contributed by atoms with Gasteiger partial charge in [-0.25, -0.2) is 0 Å². The number of morpholine rings is 1. The topological polar surface area (TPSA) is 103 Å². The summed E-state index contributed by atoms with van der Waals surface area (Å²) in [6, 6.07) is -1.51. The standard InChI is InChI=1S/C29H44N4O6/c1-5-20(3)21(19-34)33-24-27(37)32(14-13-31-15-17-38-18-16-31)12-8-10-29(24)23(26(33)36)22-25(35)30(4)11-7-9-28(22,6-2)39-29/h7-10,20-24,34H,5-6,11-19H2,1-4H3/t20-,21-,22-,23-,24?,28+,29-/m0/s1. The molecule has 0 bridgehead atoms. The number of carbonyl (C=O) groups is 3. The highest BCUT2D eigenvalue weighted by atomic mass is 16.5. The van der Waals surface area contributed by atoms with Gasteiger partial charge in [-0.2, -0.15) is 0 Å². The summed E-state index contributed by atoms with van der Waals surface area (Å²) in [5.74, 6) is -2.24. The smallest absolute Gasteiger partial charge is 0.249 e. The summed E-state index contributed by atoms with van der Waals surface area (Å²) < 4.78 is 12.4. The Morgan fingerprint density at radius 3 is 2.38 bits per heavy atom. The second-order valence-corrected chi connectivity index (χ2v) is 11.8. The van der Waals surface area contributed by atoms with Crippen LogP contribution in [0.4, 0.5) is 0 Å².